The first kappa shape index (κ1) is 9.36. The molecule has 1 aliphatic rings. The highest BCUT2D eigenvalue weighted by atomic mass is 35.5. The maximum atomic E-state index is 11.5. The normalized spacial score (nSPS) is 16.1. The number of nitrogens with zero attached hydrogens (tertiary/aromatic N) is 2. The van der Waals surface area contributed by atoms with Crippen LogP contribution in [0.25, 0.3) is 0 Å². The van der Waals surface area contributed by atoms with E-state index in [1.165, 1.54) is 12.4 Å². The van der Waals surface area contributed by atoms with Crippen LogP contribution in [-0.2, 0) is 0 Å². The van der Waals surface area contributed by atoms with E-state index in [4.69, 9.17) is 11.6 Å². The number of rotatable bonds is 2. The minimum Gasteiger partial charge on any atom is -0.345 e. The Morgan fingerprint density at radius 3 is 2.79 bits per heavy atom. The van der Waals surface area contributed by atoms with Crippen LogP contribution in [0.3, 0.4) is 0 Å². The van der Waals surface area contributed by atoms with E-state index in [0.717, 1.165) is 13.1 Å². The average Bonchev–Trinajstić information content (AvgIpc) is 2.12. The Kier molecular flexibility index (Phi) is 2.60. The van der Waals surface area contributed by atoms with E-state index in [9.17, 15) is 4.79 Å². The highest BCUT2D eigenvalue weighted by Crippen LogP contribution is 2.02. The van der Waals surface area contributed by atoms with Crippen molar-refractivity contribution in [2.75, 3.05) is 13.1 Å². The highest BCUT2D eigenvalue weighted by Gasteiger charge is 2.20. The van der Waals surface area contributed by atoms with E-state index >= 15 is 0 Å². The molecular weight excluding hydrogens is 204 g/mol. The number of carbonyl (C=O) groups excluding carboxylic acids is 1. The van der Waals surface area contributed by atoms with Gasteiger partial charge >= 0.3 is 0 Å². The van der Waals surface area contributed by atoms with Crippen molar-refractivity contribution in [2.24, 2.45) is 0 Å². The summed E-state index contributed by atoms with van der Waals surface area (Å²) in [5.41, 5.74) is 0.293. The second kappa shape index (κ2) is 3.89. The van der Waals surface area contributed by atoms with Gasteiger partial charge in [-0.1, -0.05) is 11.6 Å². The van der Waals surface area contributed by atoms with Crippen molar-refractivity contribution in [3.05, 3.63) is 23.2 Å². The van der Waals surface area contributed by atoms with E-state index in [2.05, 4.69) is 20.6 Å². The first-order chi connectivity index (χ1) is 6.75. The number of carbonyl (C=O) groups is 1. The number of aromatic nitrogens is 2. The number of hydrogen-bond acceptors (Lipinski definition) is 4. The molecule has 2 N–H and O–H groups in total. The molecule has 0 aliphatic carbocycles. The van der Waals surface area contributed by atoms with Gasteiger partial charge in [0.15, 0.2) is 0 Å². The number of hydrogen-bond donors (Lipinski definition) is 2. The second-order valence-electron chi connectivity index (χ2n) is 3.05. The third-order valence-electron chi connectivity index (χ3n) is 1.97. The van der Waals surface area contributed by atoms with Crippen molar-refractivity contribution < 1.29 is 4.79 Å². The number of amides is 1. The molecule has 14 heavy (non-hydrogen) atoms. The third kappa shape index (κ3) is 2.00. The molecule has 6 heteroatoms. The molecule has 0 atom stereocenters. The van der Waals surface area contributed by atoms with E-state index in [0.29, 0.717) is 5.69 Å². The van der Waals surface area contributed by atoms with Crippen LogP contribution in [0, 0.1) is 0 Å². The lowest BCUT2D eigenvalue weighted by Crippen LogP contribution is -2.57. The quantitative estimate of drug-likeness (QED) is 0.715. The van der Waals surface area contributed by atoms with Crippen molar-refractivity contribution in [3.63, 3.8) is 0 Å². The van der Waals surface area contributed by atoms with Crippen molar-refractivity contribution >= 4 is 17.5 Å². The molecule has 0 spiro atoms. The summed E-state index contributed by atoms with van der Waals surface area (Å²) < 4.78 is 0. The zero-order chi connectivity index (χ0) is 9.97. The van der Waals surface area contributed by atoms with E-state index in [-0.39, 0.29) is 17.1 Å². The summed E-state index contributed by atoms with van der Waals surface area (Å²) >= 11 is 5.55. The lowest BCUT2D eigenvalue weighted by atomic mass is 10.2. The topological polar surface area (TPSA) is 66.9 Å². The smallest absolute Gasteiger partial charge is 0.271 e. The van der Waals surface area contributed by atoms with Crippen molar-refractivity contribution in [2.45, 2.75) is 6.04 Å². The van der Waals surface area contributed by atoms with Gasteiger partial charge < -0.3 is 10.6 Å². The Hall–Kier alpha value is -1.20. The molecule has 5 nitrogen and oxygen atoms in total. The Morgan fingerprint density at radius 1 is 1.50 bits per heavy atom. The molecule has 0 aromatic carbocycles. The minimum atomic E-state index is -0.208. The molecule has 1 aromatic rings. The molecule has 2 rings (SSSR count). The lowest BCUT2D eigenvalue weighted by Gasteiger charge is -2.27. The van der Waals surface area contributed by atoms with Crippen LogP contribution in [-0.4, -0.2) is 35.0 Å². The van der Waals surface area contributed by atoms with Crippen molar-refractivity contribution in [1.29, 1.82) is 0 Å². The van der Waals surface area contributed by atoms with Gasteiger partial charge in [-0.15, -0.1) is 0 Å². The van der Waals surface area contributed by atoms with Crippen LogP contribution >= 0.6 is 11.6 Å². The molecular formula is C8H9ClN4O. The summed E-state index contributed by atoms with van der Waals surface area (Å²) in [5.74, 6) is -0.208. The summed E-state index contributed by atoms with van der Waals surface area (Å²) in [4.78, 5) is 19.1. The average molecular weight is 213 g/mol. The SMILES string of the molecule is O=C(NC1CNC1)c1cnc(Cl)cn1. The fourth-order valence-corrected chi connectivity index (χ4v) is 1.18. The molecule has 0 saturated carbocycles. The highest BCUT2D eigenvalue weighted by molar-refractivity contribution is 6.29. The molecule has 1 aliphatic heterocycles. The lowest BCUT2D eigenvalue weighted by molar-refractivity contribution is 0.0918. The predicted molar refractivity (Wildman–Crippen MR) is 51.2 cm³/mol. The van der Waals surface area contributed by atoms with E-state index in [1.807, 2.05) is 0 Å². The van der Waals surface area contributed by atoms with Crippen molar-refractivity contribution in [3.8, 4) is 0 Å². The Labute approximate surface area is 85.9 Å². The van der Waals surface area contributed by atoms with Crippen LogP contribution in [0.2, 0.25) is 5.15 Å². The van der Waals surface area contributed by atoms with Crippen LogP contribution in [0.1, 0.15) is 10.5 Å². The predicted octanol–water partition coefficient (Wildman–Crippen LogP) is -0.168. The summed E-state index contributed by atoms with van der Waals surface area (Å²) in [5, 5.41) is 6.14. The first-order valence-electron chi connectivity index (χ1n) is 4.25. The van der Waals surface area contributed by atoms with Gasteiger partial charge in [0, 0.05) is 13.1 Å². The molecule has 74 valence electrons. The molecule has 1 amide bonds. The van der Waals surface area contributed by atoms with Crippen LogP contribution in [0.5, 0.6) is 0 Å². The second-order valence-corrected chi connectivity index (χ2v) is 3.44. The van der Waals surface area contributed by atoms with Crippen LogP contribution in [0.4, 0.5) is 0 Å². The molecule has 0 bridgehead atoms. The largest absolute Gasteiger partial charge is 0.345 e. The first-order valence-corrected chi connectivity index (χ1v) is 4.62. The van der Waals surface area contributed by atoms with Gasteiger partial charge in [0.05, 0.1) is 18.4 Å². The summed E-state index contributed by atoms with van der Waals surface area (Å²) in [6, 6.07) is 0.208. The van der Waals surface area contributed by atoms with Gasteiger partial charge in [0.25, 0.3) is 5.91 Å². The van der Waals surface area contributed by atoms with Gasteiger partial charge in [0.1, 0.15) is 10.8 Å². The Bertz CT molecular complexity index is 336. The monoisotopic (exact) mass is 212 g/mol. The maximum absolute atomic E-state index is 11.5. The zero-order valence-electron chi connectivity index (χ0n) is 7.33. The summed E-state index contributed by atoms with van der Waals surface area (Å²) in [7, 11) is 0. The molecule has 1 aromatic heterocycles. The van der Waals surface area contributed by atoms with E-state index < -0.39 is 0 Å². The summed E-state index contributed by atoms with van der Waals surface area (Å²) in [6.07, 6.45) is 2.72. The number of nitrogens with one attached hydrogen (secondary N) is 2. The van der Waals surface area contributed by atoms with E-state index in [1.54, 1.807) is 0 Å². The number of halogens is 1. The fraction of sp³-hybridized carbons (Fsp3) is 0.375. The Morgan fingerprint density at radius 2 is 2.29 bits per heavy atom. The molecule has 0 unspecified atom stereocenters. The minimum absolute atomic E-state index is 0.208. The van der Waals surface area contributed by atoms with Gasteiger partial charge in [0.2, 0.25) is 0 Å². The molecule has 1 saturated heterocycles. The third-order valence-corrected chi connectivity index (χ3v) is 2.16. The van der Waals surface area contributed by atoms with Crippen molar-refractivity contribution in [1.82, 2.24) is 20.6 Å². The maximum Gasteiger partial charge on any atom is 0.271 e. The van der Waals surface area contributed by atoms with Gasteiger partial charge in [-0.05, 0) is 0 Å². The Balaban J connectivity index is 1.99. The van der Waals surface area contributed by atoms with Gasteiger partial charge in [-0.25, -0.2) is 9.97 Å². The molecule has 1 fully saturated rings. The van der Waals surface area contributed by atoms with Crippen LogP contribution < -0.4 is 10.6 Å². The summed E-state index contributed by atoms with van der Waals surface area (Å²) in [6.45, 7) is 1.62. The van der Waals surface area contributed by atoms with Crippen LogP contribution in [0.15, 0.2) is 12.4 Å². The molecule has 2 heterocycles. The van der Waals surface area contributed by atoms with Gasteiger partial charge in [-0.2, -0.15) is 0 Å². The standard InChI is InChI=1S/C8H9ClN4O/c9-7-4-11-6(3-12-7)8(14)13-5-1-10-2-5/h3-5,10H,1-2H2,(H,13,14). The molecule has 0 radical (unpaired) electrons. The van der Waals surface area contributed by atoms with Gasteiger partial charge in [-0.3, -0.25) is 4.79 Å². The zero-order valence-corrected chi connectivity index (χ0v) is 8.08. The fourth-order valence-electron chi connectivity index (χ4n) is 1.08.